The molecule has 0 radical (unpaired) electrons. The number of esters is 1. The van der Waals surface area contributed by atoms with Crippen molar-refractivity contribution in [2.75, 3.05) is 13.2 Å². The van der Waals surface area contributed by atoms with E-state index >= 15 is 0 Å². The summed E-state index contributed by atoms with van der Waals surface area (Å²) < 4.78 is 4.84. The van der Waals surface area contributed by atoms with Crippen LogP contribution in [-0.2, 0) is 20.7 Å². The van der Waals surface area contributed by atoms with Gasteiger partial charge in [0.1, 0.15) is 0 Å². The molecule has 1 aromatic carbocycles. The predicted octanol–water partition coefficient (Wildman–Crippen LogP) is 2.95. The highest BCUT2D eigenvalue weighted by atomic mass is 16.5. The molecule has 5 nitrogen and oxygen atoms in total. The minimum Gasteiger partial charge on any atom is -0.466 e. The van der Waals surface area contributed by atoms with E-state index in [1.807, 2.05) is 18.3 Å². The Morgan fingerprint density at radius 3 is 2.83 bits per heavy atom. The van der Waals surface area contributed by atoms with Crippen LogP contribution in [0.25, 0.3) is 10.9 Å². The molecule has 5 heteroatoms. The number of aryl methyl sites for hydroxylation is 1. The minimum absolute atomic E-state index is 0.0358. The summed E-state index contributed by atoms with van der Waals surface area (Å²) in [6.45, 7) is 2.71. The first-order valence-corrected chi connectivity index (χ1v) is 8.18. The lowest BCUT2D eigenvalue weighted by molar-refractivity contribution is -0.143. The highest BCUT2D eigenvalue weighted by Crippen LogP contribution is 2.19. The van der Waals surface area contributed by atoms with Gasteiger partial charge in [-0.15, -0.1) is 0 Å². The molecule has 2 rings (SSSR count). The molecule has 0 atom stereocenters. The number of hydrogen-bond acceptors (Lipinski definition) is 3. The fourth-order valence-electron chi connectivity index (χ4n) is 2.56. The summed E-state index contributed by atoms with van der Waals surface area (Å²) in [5, 5.41) is 4.07. The van der Waals surface area contributed by atoms with Crippen molar-refractivity contribution in [1.29, 1.82) is 0 Å². The minimum atomic E-state index is -0.207. The number of amides is 1. The van der Waals surface area contributed by atoms with E-state index in [0.29, 0.717) is 32.4 Å². The van der Waals surface area contributed by atoms with E-state index in [4.69, 9.17) is 4.74 Å². The monoisotopic (exact) mass is 316 g/mol. The molecule has 23 heavy (non-hydrogen) atoms. The van der Waals surface area contributed by atoms with E-state index in [-0.39, 0.29) is 11.9 Å². The van der Waals surface area contributed by atoms with Gasteiger partial charge >= 0.3 is 5.97 Å². The molecule has 0 aliphatic carbocycles. The number of aromatic nitrogens is 1. The highest BCUT2D eigenvalue weighted by molar-refractivity contribution is 5.83. The average Bonchev–Trinajstić information content (AvgIpc) is 2.95. The molecule has 1 amide bonds. The lowest BCUT2D eigenvalue weighted by Gasteiger charge is -2.05. The summed E-state index contributed by atoms with van der Waals surface area (Å²) in [4.78, 5) is 26.2. The Balaban J connectivity index is 1.62. The van der Waals surface area contributed by atoms with Crippen molar-refractivity contribution in [3.63, 3.8) is 0 Å². The predicted molar refractivity (Wildman–Crippen MR) is 90.1 cm³/mol. The summed E-state index contributed by atoms with van der Waals surface area (Å²) in [5.41, 5.74) is 2.38. The van der Waals surface area contributed by atoms with Gasteiger partial charge in [0.2, 0.25) is 5.91 Å². The van der Waals surface area contributed by atoms with Crippen molar-refractivity contribution < 1.29 is 14.3 Å². The number of hydrogen-bond donors (Lipinski definition) is 2. The zero-order chi connectivity index (χ0) is 16.5. The maximum Gasteiger partial charge on any atom is 0.305 e. The van der Waals surface area contributed by atoms with Gasteiger partial charge in [0.05, 0.1) is 6.61 Å². The maximum atomic E-state index is 11.8. The largest absolute Gasteiger partial charge is 0.466 e. The Labute approximate surface area is 136 Å². The van der Waals surface area contributed by atoms with Gasteiger partial charge in [0.15, 0.2) is 0 Å². The molecule has 1 heterocycles. The van der Waals surface area contributed by atoms with Gasteiger partial charge in [-0.1, -0.05) is 18.2 Å². The van der Waals surface area contributed by atoms with E-state index in [1.165, 1.54) is 10.9 Å². The Hall–Kier alpha value is -2.30. The van der Waals surface area contributed by atoms with Crippen LogP contribution in [0.3, 0.4) is 0 Å². The van der Waals surface area contributed by atoms with Crippen LogP contribution >= 0.6 is 0 Å². The number of carbonyl (C=O) groups excluding carboxylic acids is 2. The van der Waals surface area contributed by atoms with Crippen molar-refractivity contribution in [2.45, 2.75) is 39.0 Å². The van der Waals surface area contributed by atoms with Gasteiger partial charge in [-0.25, -0.2) is 0 Å². The van der Waals surface area contributed by atoms with Crippen molar-refractivity contribution in [3.8, 4) is 0 Å². The van der Waals surface area contributed by atoms with Crippen molar-refractivity contribution in [3.05, 3.63) is 36.0 Å². The van der Waals surface area contributed by atoms with Gasteiger partial charge in [0, 0.05) is 36.5 Å². The molecular weight excluding hydrogens is 292 g/mol. The zero-order valence-corrected chi connectivity index (χ0v) is 13.6. The summed E-state index contributed by atoms with van der Waals surface area (Å²) in [7, 11) is 0. The fraction of sp³-hybridized carbons (Fsp3) is 0.444. The molecule has 1 aromatic heterocycles. The summed E-state index contributed by atoms with van der Waals surface area (Å²) in [6.07, 6.45) is 5.17. The lowest BCUT2D eigenvalue weighted by Crippen LogP contribution is -2.24. The molecular formula is C18H24N2O3. The van der Waals surface area contributed by atoms with Gasteiger partial charge in [-0.05, 0) is 37.8 Å². The number of ether oxygens (including phenoxy) is 1. The molecule has 0 aliphatic heterocycles. The van der Waals surface area contributed by atoms with E-state index < -0.39 is 0 Å². The van der Waals surface area contributed by atoms with E-state index in [0.717, 1.165) is 18.4 Å². The molecule has 0 saturated heterocycles. The van der Waals surface area contributed by atoms with E-state index in [2.05, 4.69) is 22.4 Å². The number of benzene rings is 1. The second-order valence-electron chi connectivity index (χ2n) is 5.47. The van der Waals surface area contributed by atoms with E-state index in [1.54, 1.807) is 6.92 Å². The Morgan fingerprint density at radius 1 is 1.17 bits per heavy atom. The summed E-state index contributed by atoms with van der Waals surface area (Å²) in [6, 6.07) is 8.17. The molecule has 0 saturated carbocycles. The van der Waals surface area contributed by atoms with Crippen molar-refractivity contribution in [1.82, 2.24) is 10.3 Å². The highest BCUT2D eigenvalue weighted by Gasteiger charge is 2.06. The molecule has 0 fully saturated rings. The first-order chi connectivity index (χ1) is 11.2. The molecule has 124 valence electrons. The van der Waals surface area contributed by atoms with Crippen LogP contribution < -0.4 is 5.32 Å². The SMILES string of the molecule is CCOC(=O)CCCNC(=O)CCCc1c[nH]c2ccccc12. The Morgan fingerprint density at radius 2 is 2.00 bits per heavy atom. The van der Waals surface area contributed by atoms with E-state index in [9.17, 15) is 9.59 Å². The normalized spacial score (nSPS) is 10.7. The third-order valence-electron chi connectivity index (χ3n) is 3.71. The molecule has 0 spiro atoms. The smallest absolute Gasteiger partial charge is 0.305 e. The Kier molecular flexibility index (Phi) is 6.66. The molecule has 0 aliphatic rings. The van der Waals surface area contributed by atoms with Gasteiger partial charge < -0.3 is 15.0 Å². The third kappa shape index (κ3) is 5.43. The number of fused-ring (bicyclic) bond motifs is 1. The summed E-state index contributed by atoms with van der Waals surface area (Å²) >= 11 is 0. The molecule has 2 aromatic rings. The van der Waals surface area contributed by atoms with Crippen LogP contribution in [0.2, 0.25) is 0 Å². The van der Waals surface area contributed by atoms with Gasteiger partial charge in [-0.2, -0.15) is 0 Å². The second-order valence-corrected chi connectivity index (χ2v) is 5.47. The van der Waals surface area contributed by atoms with Crippen LogP contribution in [0.5, 0.6) is 0 Å². The van der Waals surface area contributed by atoms with Crippen LogP contribution in [0.1, 0.15) is 38.2 Å². The summed E-state index contributed by atoms with van der Waals surface area (Å²) in [5.74, 6) is -0.171. The van der Waals surface area contributed by atoms with Crippen LogP contribution in [-0.4, -0.2) is 30.0 Å². The second kappa shape index (κ2) is 8.98. The van der Waals surface area contributed by atoms with Gasteiger partial charge in [0.25, 0.3) is 0 Å². The van der Waals surface area contributed by atoms with Crippen molar-refractivity contribution >= 4 is 22.8 Å². The van der Waals surface area contributed by atoms with Crippen LogP contribution in [0.4, 0.5) is 0 Å². The molecule has 2 N–H and O–H groups in total. The third-order valence-corrected chi connectivity index (χ3v) is 3.71. The number of carbonyl (C=O) groups is 2. The number of H-pyrrole nitrogens is 1. The Bertz CT molecular complexity index is 649. The van der Waals surface area contributed by atoms with Crippen molar-refractivity contribution in [2.24, 2.45) is 0 Å². The first-order valence-electron chi connectivity index (χ1n) is 8.18. The first kappa shape index (κ1) is 17.1. The zero-order valence-electron chi connectivity index (χ0n) is 13.6. The van der Waals surface area contributed by atoms with Crippen LogP contribution in [0.15, 0.2) is 30.5 Å². The standard InChI is InChI=1S/C18H24N2O3/c1-2-23-18(22)11-6-12-19-17(21)10-5-7-14-13-20-16-9-4-3-8-15(14)16/h3-4,8-9,13,20H,2,5-7,10-12H2,1H3,(H,19,21). The van der Waals surface area contributed by atoms with Gasteiger partial charge in [-0.3, -0.25) is 9.59 Å². The molecule has 0 bridgehead atoms. The topological polar surface area (TPSA) is 71.2 Å². The number of rotatable bonds is 9. The number of aromatic amines is 1. The fourth-order valence-corrected chi connectivity index (χ4v) is 2.56. The number of para-hydroxylation sites is 1. The average molecular weight is 316 g/mol. The molecule has 0 unspecified atom stereocenters. The maximum absolute atomic E-state index is 11.8. The quantitative estimate of drug-likeness (QED) is 0.552. The lowest BCUT2D eigenvalue weighted by atomic mass is 10.1. The van der Waals surface area contributed by atoms with Crippen LogP contribution in [0, 0.1) is 0 Å². The number of nitrogens with one attached hydrogen (secondary N) is 2.